The van der Waals surface area contributed by atoms with Gasteiger partial charge in [0.2, 0.25) is 0 Å². The van der Waals surface area contributed by atoms with Crippen LogP contribution in [0.1, 0.15) is 49.9 Å². The summed E-state index contributed by atoms with van der Waals surface area (Å²) in [5.41, 5.74) is 6.31. The molecule has 0 aliphatic rings. The van der Waals surface area contributed by atoms with E-state index in [2.05, 4.69) is 13.8 Å². The van der Waals surface area contributed by atoms with Gasteiger partial charge in [-0.05, 0) is 24.5 Å². The molecular weight excluding hydrogens is 242 g/mol. The Morgan fingerprint density at radius 3 is 2.74 bits per heavy atom. The SMILES string of the molecule is CCCCC(CC)COc1c(N)cccc1C(=O)O. The number of benzene rings is 1. The first-order valence-electron chi connectivity index (χ1n) is 6.84. The van der Waals surface area contributed by atoms with Gasteiger partial charge < -0.3 is 15.6 Å². The molecule has 19 heavy (non-hydrogen) atoms. The Balaban J connectivity index is 2.73. The minimum Gasteiger partial charge on any atom is -0.490 e. The van der Waals surface area contributed by atoms with Crippen LogP contribution in [0.25, 0.3) is 0 Å². The maximum atomic E-state index is 11.1. The summed E-state index contributed by atoms with van der Waals surface area (Å²) in [5.74, 6) is -0.268. The van der Waals surface area contributed by atoms with Gasteiger partial charge in [-0.25, -0.2) is 4.79 Å². The number of hydrogen-bond donors (Lipinski definition) is 2. The summed E-state index contributed by atoms with van der Waals surface area (Å²) in [5, 5.41) is 9.12. The molecule has 1 aromatic carbocycles. The lowest BCUT2D eigenvalue weighted by atomic mass is 10.0. The van der Waals surface area contributed by atoms with E-state index >= 15 is 0 Å². The fraction of sp³-hybridized carbons (Fsp3) is 0.533. The number of nitrogens with two attached hydrogens (primary N) is 1. The first kappa shape index (κ1) is 15.3. The van der Waals surface area contributed by atoms with Gasteiger partial charge in [0.25, 0.3) is 0 Å². The number of rotatable bonds is 8. The maximum Gasteiger partial charge on any atom is 0.339 e. The summed E-state index contributed by atoms with van der Waals surface area (Å²) >= 11 is 0. The fourth-order valence-corrected chi connectivity index (χ4v) is 1.98. The zero-order chi connectivity index (χ0) is 14.3. The Kier molecular flexibility index (Phi) is 6.19. The smallest absolute Gasteiger partial charge is 0.339 e. The number of carbonyl (C=O) groups is 1. The second kappa shape index (κ2) is 7.67. The molecule has 0 saturated heterocycles. The van der Waals surface area contributed by atoms with Gasteiger partial charge in [-0.1, -0.05) is 39.2 Å². The van der Waals surface area contributed by atoms with Crippen LogP contribution in [0.4, 0.5) is 5.69 Å². The minimum atomic E-state index is -1.01. The molecular formula is C15H23NO3. The van der Waals surface area contributed by atoms with Crippen LogP contribution >= 0.6 is 0 Å². The number of anilines is 1. The molecule has 0 aromatic heterocycles. The van der Waals surface area contributed by atoms with Crippen LogP contribution in [0.3, 0.4) is 0 Å². The van der Waals surface area contributed by atoms with E-state index in [9.17, 15) is 4.79 Å². The monoisotopic (exact) mass is 265 g/mol. The lowest BCUT2D eigenvalue weighted by Crippen LogP contribution is -2.14. The van der Waals surface area contributed by atoms with Gasteiger partial charge in [-0.3, -0.25) is 0 Å². The molecule has 0 aliphatic carbocycles. The number of unbranched alkanes of at least 4 members (excludes halogenated alkanes) is 1. The van der Waals surface area contributed by atoms with E-state index in [1.165, 1.54) is 6.07 Å². The molecule has 4 heteroatoms. The first-order valence-corrected chi connectivity index (χ1v) is 6.84. The van der Waals surface area contributed by atoms with Gasteiger partial charge in [-0.2, -0.15) is 0 Å². The van der Waals surface area contributed by atoms with E-state index in [1.807, 2.05) is 0 Å². The van der Waals surface area contributed by atoms with Crippen molar-refractivity contribution in [2.75, 3.05) is 12.3 Å². The van der Waals surface area contributed by atoms with Crippen LogP contribution in [0.15, 0.2) is 18.2 Å². The van der Waals surface area contributed by atoms with Crippen molar-refractivity contribution in [2.45, 2.75) is 39.5 Å². The van der Waals surface area contributed by atoms with Crippen molar-refractivity contribution in [3.63, 3.8) is 0 Å². The van der Waals surface area contributed by atoms with Gasteiger partial charge in [0.05, 0.1) is 12.3 Å². The summed E-state index contributed by atoms with van der Waals surface area (Å²) < 4.78 is 5.67. The van der Waals surface area contributed by atoms with Crippen LogP contribution in [0, 0.1) is 5.92 Å². The van der Waals surface area contributed by atoms with Gasteiger partial charge in [0.15, 0.2) is 5.75 Å². The second-order valence-electron chi connectivity index (χ2n) is 4.76. The highest BCUT2D eigenvalue weighted by Crippen LogP contribution is 2.27. The third-order valence-corrected chi connectivity index (χ3v) is 3.28. The molecule has 1 atom stereocenters. The highest BCUT2D eigenvalue weighted by molar-refractivity contribution is 5.93. The molecule has 0 aliphatic heterocycles. The molecule has 0 amide bonds. The number of hydrogen-bond acceptors (Lipinski definition) is 3. The average Bonchev–Trinajstić information content (AvgIpc) is 2.40. The lowest BCUT2D eigenvalue weighted by Gasteiger charge is -2.17. The first-order chi connectivity index (χ1) is 9.10. The summed E-state index contributed by atoms with van der Waals surface area (Å²) in [6.07, 6.45) is 4.44. The average molecular weight is 265 g/mol. The Morgan fingerprint density at radius 1 is 1.42 bits per heavy atom. The zero-order valence-corrected chi connectivity index (χ0v) is 11.7. The highest BCUT2D eigenvalue weighted by Gasteiger charge is 2.15. The molecule has 1 unspecified atom stereocenters. The van der Waals surface area contributed by atoms with E-state index in [0.29, 0.717) is 24.0 Å². The van der Waals surface area contributed by atoms with E-state index in [0.717, 1.165) is 25.7 Å². The number of nitrogen functional groups attached to an aromatic ring is 1. The van der Waals surface area contributed by atoms with Crippen LogP contribution in [-0.2, 0) is 0 Å². The van der Waals surface area contributed by atoms with Crippen LogP contribution < -0.4 is 10.5 Å². The van der Waals surface area contributed by atoms with Crippen molar-refractivity contribution < 1.29 is 14.6 Å². The fourth-order valence-electron chi connectivity index (χ4n) is 1.98. The topological polar surface area (TPSA) is 72.5 Å². The third-order valence-electron chi connectivity index (χ3n) is 3.28. The van der Waals surface area contributed by atoms with E-state index in [1.54, 1.807) is 12.1 Å². The Morgan fingerprint density at radius 2 is 2.16 bits per heavy atom. The summed E-state index contributed by atoms with van der Waals surface area (Å²) in [6, 6.07) is 4.80. The zero-order valence-electron chi connectivity index (χ0n) is 11.7. The summed E-state index contributed by atoms with van der Waals surface area (Å²) in [4.78, 5) is 11.1. The van der Waals surface area contributed by atoms with Gasteiger partial charge >= 0.3 is 5.97 Å². The van der Waals surface area contributed by atoms with Crippen molar-refractivity contribution in [1.29, 1.82) is 0 Å². The Hall–Kier alpha value is -1.71. The Labute approximate surface area is 114 Å². The molecule has 1 aromatic rings. The largest absolute Gasteiger partial charge is 0.490 e. The third kappa shape index (κ3) is 4.47. The van der Waals surface area contributed by atoms with Gasteiger partial charge in [0, 0.05) is 0 Å². The predicted octanol–water partition coefficient (Wildman–Crippen LogP) is 3.56. The van der Waals surface area contributed by atoms with Crippen molar-refractivity contribution in [1.82, 2.24) is 0 Å². The molecule has 3 N–H and O–H groups in total. The van der Waals surface area contributed by atoms with Crippen molar-refractivity contribution in [3.8, 4) is 5.75 Å². The van der Waals surface area contributed by atoms with Crippen molar-refractivity contribution >= 4 is 11.7 Å². The summed E-state index contributed by atoms with van der Waals surface area (Å²) in [7, 11) is 0. The molecule has 0 radical (unpaired) electrons. The molecule has 4 nitrogen and oxygen atoms in total. The van der Waals surface area contributed by atoms with E-state index in [4.69, 9.17) is 15.6 Å². The number of carboxylic acids is 1. The number of para-hydroxylation sites is 1. The molecule has 0 saturated carbocycles. The quantitative estimate of drug-likeness (QED) is 0.705. The highest BCUT2D eigenvalue weighted by atomic mass is 16.5. The molecule has 1 rings (SSSR count). The second-order valence-corrected chi connectivity index (χ2v) is 4.76. The van der Waals surface area contributed by atoms with Gasteiger partial charge in [0.1, 0.15) is 5.56 Å². The van der Waals surface area contributed by atoms with E-state index < -0.39 is 5.97 Å². The lowest BCUT2D eigenvalue weighted by molar-refractivity contribution is 0.0691. The molecule has 106 valence electrons. The molecule has 0 heterocycles. The normalized spacial score (nSPS) is 12.1. The number of ether oxygens (including phenoxy) is 1. The standard InChI is InChI=1S/C15H23NO3/c1-3-5-7-11(4-2)10-19-14-12(15(17)18)8-6-9-13(14)16/h6,8-9,11H,3-5,7,10,16H2,1-2H3,(H,17,18). The maximum absolute atomic E-state index is 11.1. The predicted molar refractivity (Wildman–Crippen MR) is 76.6 cm³/mol. The minimum absolute atomic E-state index is 0.130. The number of aromatic carboxylic acids is 1. The van der Waals surface area contributed by atoms with Crippen molar-refractivity contribution in [3.05, 3.63) is 23.8 Å². The van der Waals surface area contributed by atoms with Crippen molar-refractivity contribution in [2.24, 2.45) is 5.92 Å². The number of carboxylic acid groups (broad SMARTS) is 1. The Bertz CT molecular complexity index is 418. The van der Waals surface area contributed by atoms with E-state index in [-0.39, 0.29) is 5.56 Å². The molecule has 0 spiro atoms. The molecule has 0 fully saturated rings. The van der Waals surface area contributed by atoms with Crippen LogP contribution in [-0.4, -0.2) is 17.7 Å². The summed E-state index contributed by atoms with van der Waals surface area (Å²) in [6.45, 7) is 4.80. The van der Waals surface area contributed by atoms with Crippen LogP contribution in [0.5, 0.6) is 5.75 Å². The molecule has 0 bridgehead atoms. The van der Waals surface area contributed by atoms with Gasteiger partial charge in [-0.15, -0.1) is 0 Å². The van der Waals surface area contributed by atoms with Crippen LogP contribution in [0.2, 0.25) is 0 Å².